The van der Waals surface area contributed by atoms with Crippen LogP contribution in [0, 0.1) is 0 Å². The lowest BCUT2D eigenvalue weighted by molar-refractivity contribution is -0.942. The SMILES string of the molecule is COc1ccc2cc(C[NH+](Cc3ccco3)Cc3nnnn3C3CCCCC3)c(=O)[nH]c2c1. The van der Waals surface area contributed by atoms with Crippen molar-refractivity contribution in [3.63, 3.8) is 0 Å². The van der Waals surface area contributed by atoms with Crippen LogP contribution < -0.4 is 15.2 Å². The van der Waals surface area contributed by atoms with E-state index in [0.717, 1.165) is 40.2 Å². The van der Waals surface area contributed by atoms with Gasteiger partial charge in [-0.2, -0.15) is 0 Å². The van der Waals surface area contributed by atoms with Crippen LogP contribution in [0.3, 0.4) is 0 Å². The maximum Gasteiger partial charge on any atom is 0.257 e. The van der Waals surface area contributed by atoms with Crippen LogP contribution in [0.4, 0.5) is 0 Å². The average molecular weight is 450 g/mol. The standard InChI is InChI=1S/C24H28N6O3/c1-32-20-10-9-17-12-18(24(31)25-22(17)13-20)14-29(15-21-8-5-11-33-21)16-23-26-27-28-30(23)19-6-3-2-4-7-19/h5,8-13,19H,2-4,6-7,14-16H2,1H3,(H,25,31)/p+1. The number of hydrogen-bond donors (Lipinski definition) is 2. The number of H-pyrrole nitrogens is 1. The summed E-state index contributed by atoms with van der Waals surface area (Å²) in [6, 6.07) is 11.9. The van der Waals surface area contributed by atoms with Gasteiger partial charge in [0.1, 0.15) is 25.4 Å². The molecule has 0 spiro atoms. The Balaban J connectivity index is 1.42. The summed E-state index contributed by atoms with van der Waals surface area (Å²) in [5.74, 6) is 2.43. The molecule has 0 saturated heterocycles. The van der Waals surface area contributed by atoms with Crippen LogP contribution in [-0.2, 0) is 19.6 Å². The predicted octanol–water partition coefficient (Wildman–Crippen LogP) is 2.41. The highest BCUT2D eigenvalue weighted by atomic mass is 16.5. The highest BCUT2D eigenvalue weighted by Crippen LogP contribution is 2.27. The van der Waals surface area contributed by atoms with E-state index in [-0.39, 0.29) is 5.56 Å². The van der Waals surface area contributed by atoms with Crippen molar-refractivity contribution < 1.29 is 14.1 Å². The summed E-state index contributed by atoms with van der Waals surface area (Å²) in [6.45, 7) is 1.75. The summed E-state index contributed by atoms with van der Waals surface area (Å²) in [7, 11) is 1.62. The second-order valence-electron chi connectivity index (χ2n) is 8.77. The Morgan fingerprint density at radius 3 is 2.82 bits per heavy atom. The number of tetrazole rings is 1. The van der Waals surface area contributed by atoms with Gasteiger partial charge in [0.25, 0.3) is 5.56 Å². The molecule has 1 unspecified atom stereocenters. The molecule has 33 heavy (non-hydrogen) atoms. The van der Waals surface area contributed by atoms with E-state index < -0.39 is 0 Å². The minimum Gasteiger partial charge on any atom is -0.497 e. The minimum atomic E-state index is -0.0976. The maximum atomic E-state index is 12.9. The van der Waals surface area contributed by atoms with Crippen LogP contribution >= 0.6 is 0 Å². The Hall–Kier alpha value is -3.46. The van der Waals surface area contributed by atoms with Crippen molar-refractivity contribution in [1.29, 1.82) is 0 Å². The summed E-state index contributed by atoms with van der Waals surface area (Å²) in [4.78, 5) is 17.0. The van der Waals surface area contributed by atoms with Crippen molar-refractivity contribution in [2.45, 2.75) is 57.8 Å². The Bertz CT molecular complexity index is 1260. The van der Waals surface area contributed by atoms with E-state index in [9.17, 15) is 4.79 Å². The van der Waals surface area contributed by atoms with Crippen molar-refractivity contribution >= 4 is 10.9 Å². The fourth-order valence-corrected chi connectivity index (χ4v) is 4.76. The fraction of sp³-hybridized carbons (Fsp3) is 0.417. The molecule has 2 N–H and O–H groups in total. The molecule has 0 aliphatic heterocycles. The quantitative estimate of drug-likeness (QED) is 0.428. The van der Waals surface area contributed by atoms with Crippen LogP contribution in [0.15, 0.2) is 51.9 Å². The van der Waals surface area contributed by atoms with E-state index in [2.05, 4.69) is 20.5 Å². The third-order valence-electron chi connectivity index (χ3n) is 6.46. The normalized spacial score (nSPS) is 15.7. The van der Waals surface area contributed by atoms with Crippen LogP contribution in [0.2, 0.25) is 0 Å². The van der Waals surface area contributed by atoms with E-state index in [0.29, 0.717) is 37.0 Å². The van der Waals surface area contributed by atoms with Crippen molar-refractivity contribution in [2.24, 2.45) is 0 Å². The van der Waals surface area contributed by atoms with Crippen molar-refractivity contribution in [2.75, 3.05) is 7.11 Å². The molecule has 0 bridgehead atoms. The molecule has 1 atom stereocenters. The zero-order valence-electron chi connectivity index (χ0n) is 18.8. The number of benzene rings is 1. The van der Waals surface area contributed by atoms with Crippen molar-refractivity contribution in [3.8, 4) is 5.75 Å². The number of pyridine rings is 1. The van der Waals surface area contributed by atoms with Gasteiger partial charge < -0.3 is 19.0 Å². The molecule has 1 saturated carbocycles. The van der Waals surface area contributed by atoms with Gasteiger partial charge in [0.05, 0.1) is 30.5 Å². The molecule has 4 aromatic rings. The molecule has 1 fully saturated rings. The third kappa shape index (κ3) is 4.83. The molecule has 172 valence electrons. The third-order valence-corrected chi connectivity index (χ3v) is 6.46. The Kier molecular flexibility index (Phi) is 6.21. The molecule has 1 aromatic carbocycles. The summed E-state index contributed by atoms with van der Waals surface area (Å²) in [6.07, 6.45) is 7.60. The molecule has 3 heterocycles. The first-order valence-corrected chi connectivity index (χ1v) is 11.5. The summed E-state index contributed by atoms with van der Waals surface area (Å²) in [5, 5.41) is 13.6. The number of hydrogen-bond acceptors (Lipinski definition) is 6. The van der Waals surface area contributed by atoms with Gasteiger partial charge in [0, 0.05) is 6.07 Å². The Labute approximate surface area is 191 Å². The molecular formula is C24H29N6O3+. The van der Waals surface area contributed by atoms with E-state index >= 15 is 0 Å². The number of quaternary nitrogens is 1. The first kappa shape index (κ1) is 21.4. The number of aromatic amines is 1. The Morgan fingerprint density at radius 1 is 1.15 bits per heavy atom. The van der Waals surface area contributed by atoms with Crippen molar-refractivity contribution in [3.05, 3.63) is 70.2 Å². The number of methoxy groups -OCH3 is 1. The molecule has 0 radical (unpaired) electrons. The largest absolute Gasteiger partial charge is 0.497 e. The lowest BCUT2D eigenvalue weighted by atomic mass is 9.95. The molecule has 5 rings (SSSR count). The van der Waals surface area contributed by atoms with Gasteiger partial charge in [-0.1, -0.05) is 19.3 Å². The first-order valence-electron chi connectivity index (χ1n) is 11.5. The smallest absolute Gasteiger partial charge is 0.257 e. The van der Waals surface area contributed by atoms with E-state index in [4.69, 9.17) is 9.15 Å². The summed E-state index contributed by atoms with van der Waals surface area (Å²) >= 11 is 0. The second-order valence-corrected chi connectivity index (χ2v) is 8.77. The highest BCUT2D eigenvalue weighted by Gasteiger charge is 2.24. The fourth-order valence-electron chi connectivity index (χ4n) is 4.76. The number of ether oxygens (including phenoxy) is 1. The average Bonchev–Trinajstić information content (AvgIpc) is 3.52. The van der Waals surface area contributed by atoms with Crippen LogP contribution in [0.5, 0.6) is 5.75 Å². The minimum absolute atomic E-state index is 0.0976. The van der Waals surface area contributed by atoms with Gasteiger partial charge in [-0.05, 0) is 59.0 Å². The lowest BCUT2D eigenvalue weighted by Gasteiger charge is -2.23. The number of nitrogens with zero attached hydrogens (tertiary/aromatic N) is 4. The molecule has 9 nitrogen and oxygen atoms in total. The van der Waals surface area contributed by atoms with Crippen LogP contribution in [0.1, 0.15) is 55.3 Å². The number of nitrogens with one attached hydrogen (secondary N) is 2. The van der Waals surface area contributed by atoms with Crippen LogP contribution in [-0.4, -0.2) is 32.3 Å². The second kappa shape index (κ2) is 9.58. The number of aromatic nitrogens is 5. The number of furan rings is 1. The summed E-state index contributed by atoms with van der Waals surface area (Å²) in [5.41, 5.74) is 1.38. The zero-order valence-corrected chi connectivity index (χ0v) is 18.8. The lowest BCUT2D eigenvalue weighted by Crippen LogP contribution is -3.08. The molecule has 1 aliphatic carbocycles. The maximum absolute atomic E-state index is 12.9. The number of fused-ring (bicyclic) bond motifs is 1. The first-order chi connectivity index (χ1) is 16.2. The van der Waals surface area contributed by atoms with E-state index in [1.165, 1.54) is 19.3 Å². The zero-order chi connectivity index (χ0) is 22.6. The van der Waals surface area contributed by atoms with Gasteiger partial charge in [0.15, 0.2) is 5.76 Å². The molecule has 1 aliphatic rings. The molecular weight excluding hydrogens is 420 g/mol. The van der Waals surface area contributed by atoms with Gasteiger partial charge in [-0.25, -0.2) is 4.68 Å². The Morgan fingerprint density at radius 2 is 2.03 bits per heavy atom. The molecule has 9 heteroatoms. The molecule has 3 aromatic heterocycles. The monoisotopic (exact) mass is 449 g/mol. The topological polar surface area (TPSA) is 103 Å². The van der Waals surface area contributed by atoms with E-state index in [1.807, 2.05) is 41.1 Å². The van der Waals surface area contributed by atoms with Gasteiger partial charge in [-0.15, -0.1) is 5.10 Å². The van der Waals surface area contributed by atoms with Gasteiger partial charge >= 0.3 is 0 Å². The summed E-state index contributed by atoms with van der Waals surface area (Å²) < 4.78 is 12.9. The van der Waals surface area contributed by atoms with Gasteiger partial charge in [-0.3, -0.25) is 4.79 Å². The van der Waals surface area contributed by atoms with E-state index in [1.54, 1.807) is 13.4 Å². The molecule has 0 amide bonds. The van der Waals surface area contributed by atoms with Crippen molar-refractivity contribution in [1.82, 2.24) is 25.2 Å². The predicted molar refractivity (Wildman–Crippen MR) is 122 cm³/mol. The number of rotatable bonds is 8. The van der Waals surface area contributed by atoms with Crippen LogP contribution in [0.25, 0.3) is 10.9 Å². The van der Waals surface area contributed by atoms with Gasteiger partial charge in [0.2, 0.25) is 5.82 Å². The highest BCUT2D eigenvalue weighted by molar-refractivity contribution is 5.80.